The second kappa shape index (κ2) is 7.78. The van der Waals surface area contributed by atoms with Crippen LogP contribution >= 0.6 is 11.3 Å². The number of aromatic nitrogens is 1. The SMILES string of the molecule is O=C1c2c(O)c(=O)ccn2N(C2c3ccc(F)cc3-c3ccsc3-c3ccccc32)[C@@H]2COCCN12. The van der Waals surface area contributed by atoms with Crippen molar-refractivity contribution in [1.29, 1.82) is 0 Å². The lowest BCUT2D eigenvalue weighted by Crippen LogP contribution is -2.66. The van der Waals surface area contributed by atoms with Gasteiger partial charge in [-0.15, -0.1) is 11.3 Å². The number of thiophene rings is 1. The zero-order valence-electron chi connectivity index (χ0n) is 18.9. The van der Waals surface area contributed by atoms with Crippen molar-refractivity contribution in [2.45, 2.75) is 12.2 Å². The van der Waals surface area contributed by atoms with Crippen molar-refractivity contribution in [2.24, 2.45) is 0 Å². The number of fused-ring (bicyclic) bond motifs is 7. The molecule has 1 fully saturated rings. The Morgan fingerprint density at radius 2 is 1.83 bits per heavy atom. The number of amides is 1. The average molecular weight is 502 g/mol. The highest BCUT2D eigenvalue weighted by Gasteiger charge is 2.46. The Morgan fingerprint density at radius 1 is 1.00 bits per heavy atom. The molecule has 0 saturated carbocycles. The van der Waals surface area contributed by atoms with Gasteiger partial charge < -0.3 is 14.7 Å². The molecule has 4 heterocycles. The molecule has 1 saturated heterocycles. The monoisotopic (exact) mass is 501 g/mol. The summed E-state index contributed by atoms with van der Waals surface area (Å²) in [5, 5.41) is 14.7. The number of hydrogen-bond donors (Lipinski definition) is 1. The van der Waals surface area contributed by atoms with E-state index in [1.165, 1.54) is 18.3 Å². The van der Waals surface area contributed by atoms with Crippen molar-refractivity contribution < 1.29 is 19.0 Å². The smallest absolute Gasteiger partial charge is 0.278 e. The van der Waals surface area contributed by atoms with Gasteiger partial charge in [0.15, 0.2) is 11.4 Å². The van der Waals surface area contributed by atoms with Crippen molar-refractivity contribution in [3.63, 3.8) is 0 Å². The van der Waals surface area contributed by atoms with Crippen LogP contribution in [0.15, 0.2) is 71.0 Å². The van der Waals surface area contributed by atoms with Gasteiger partial charge in [-0.1, -0.05) is 30.3 Å². The molecular formula is C27H20FN3O4S. The van der Waals surface area contributed by atoms with Crippen molar-refractivity contribution in [3.8, 4) is 27.3 Å². The summed E-state index contributed by atoms with van der Waals surface area (Å²) in [5.41, 5.74) is 3.83. The largest absolute Gasteiger partial charge is 0.502 e. The Bertz CT molecular complexity index is 1610. The molecule has 2 aliphatic heterocycles. The molecule has 36 heavy (non-hydrogen) atoms. The van der Waals surface area contributed by atoms with Crippen molar-refractivity contribution >= 4 is 17.2 Å². The highest BCUT2D eigenvalue weighted by molar-refractivity contribution is 7.14. The summed E-state index contributed by atoms with van der Waals surface area (Å²) >= 11 is 1.59. The summed E-state index contributed by atoms with van der Waals surface area (Å²) in [6.07, 6.45) is 1.01. The molecule has 2 aromatic heterocycles. The third-order valence-electron chi connectivity index (χ3n) is 7.20. The van der Waals surface area contributed by atoms with E-state index < -0.39 is 29.3 Å². The van der Waals surface area contributed by atoms with E-state index in [4.69, 9.17) is 4.74 Å². The molecule has 1 aliphatic carbocycles. The van der Waals surface area contributed by atoms with Crippen LogP contribution in [0.4, 0.5) is 4.39 Å². The van der Waals surface area contributed by atoms with Crippen LogP contribution in [0.5, 0.6) is 5.75 Å². The number of pyridine rings is 1. The molecule has 1 unspecified atom stereocenters. The maximum absolute atomic E-state index is 14.6. The summed E-state index contributed by atoms with van der Waals surface area (Å²) in [6.45, 7) is 0.920. The summed E-state index contributed by atoms with van der Waals surface area (Å²) in [7, 11) is 0. The number of benzene rings is 2. The van der Waals surface area contributed by atoms with E-state index in [1.54, 1.807) is 33.0 Å². The number of aromatic hydroxyl groups is 1. The first-order valence-electron chi connectivity index (χ1n) is 11.6. The molecule has 2 aromatic carbocycles. The van der Waals surface area contributed by atoms with Crippen LogP contribution in [0.3, 0.4) is 0 Å². The predicted molar refractivity (Wildman–Crippen MR) is 133 cm³/mol. The van der Waals surface area contributed by atoms with E-state index in [-0.39, 0.29) is 18.1 Å². The molecule has 4 aromatic rings. The molecule has 0 bridgehead atoms. The normalized spacial score (nSPS) is 20.1. The number of nitrogens with zero attached hydrogens (tertiary/aromatic N) is 3. The summed E-state index contributed by atoms with van der Waals surface area (Å²) < 4.78 is 22.0. The van der Waals surface area contributed by atoms with Gasteiger partial charge >= 0.3 is 0 Å². The maximum Gasteiger partial charge on any atom is 0.278 e. The minimum absolute atomic E-state index is 0.0826. The van der Waals surface area contributed by atoms with E-state index in [0.717, 1.165) is 32.7 Å². The van der Waals surface area contributed by atoms with Gasteiger partial charge in [0.25, 0.3) is 5.91 Å². The number of morpholine rings is 1. The molecule has 7 nitrogen and oxygen atoms in total. The van der Waals surface area contributed by atoms with Gasteiger partial charge in [-0.05, 0) is 45.8 Å². The van der Waals surface area contributed by atoms with Gasteiger partial charge in [0, 0.05) is 29.2 Å². The fourth-order valence-electron chi connectivity index (χ4n) is 5.66. The highest BCUT2D eigenvalue weighted by Crippen LogP contribution is 2.50. The molecule has 180 valence electrons. The molecule has 7 rings (SSSR count). The number of halogens is 1. The van der Waals surface area contributed by atoms with Crippen LogP contribution in [0, 0.1) is 5.82 Å². The van der Waals surface area contributed by atoms with Gasteiger partial charge in [-0.3, -0.25) is 19.3 Å². The number of hydrogen-bond acceptors (Lipinski definition) is 6. The van der Waals surface area contributed by atoms with Gasteiger partial charge in [0.2, 0.25) is 5.43 Å². The van der Waals surface area contributed by atoms with Gasteiger partial charge in [-0.2, -0.15) is 0 Å². The minimum atomic E-state index is -0.618. The van der Waals surface area contributed by atoms with Crippen LogP contribution in [0.25, 0.3) is 21.6 Å². The van der Waals surface area contributed by atoms with Crippen LogP contribution in [0.1, 0.15) is 27.7 Å². The zero-order valence-corrected chi connectivity index (χ0v) is 19.7. The molecular weight excluding hydrogens is 481 g/mol. The predicted octanol–water partition coefficient (Wildman–Crippen LogP) is 3.94. The minimum Gasteiger partial charge on any atom is -0.502 e. The highest BCUT2D eigenvalue weighted by atomic mass is 32.1. The second-order valence-electron chi connectivity index (χ2n) is 9.04. The lowest BCUT2D eigenvalue weighted by Gasteiger charge is -2.51. The van der Waals surface area contributed by atoms with Crippen LogP contribution < -0.4 is 10.4 Å². The molecule has 0 radical (unpaired) electrons. The van der Waals surface area contributed by atoms with Crippen molar-refractivity contribution in [1.82, 2.24) is 9.58 Å². The Kier molecular flexibility index (Phi) is 4.61. The maximum atomic E-state index is 14.6. The summed E-state index contributed by atoms with van der Waals surface area (Å²) in [5.74, 6) is -1.35. The van der Waals surface area contributed by atoms with Crippen molar-refractivity contribution in [2.75, 3.05) is 24.8 Å². The first kappa shape index (κ1) is 21.3. The molecule has 1 amide bonds. The molecule has 0 spiro atoms. The fraction of sp³-hybridized carbons (Fsp3) is 0.185. The molecule has 9 heteroatoms. The van der Waals surface area contributed by atoms with Crippen LogP contribution in [-0.2, 0) is 4.74 Å². The molecule has 1 N–H and O–H groups in total. The molecule has 2 atom stereocenters. The van der Waals surface area contributed by atoms with Gasteiger partial charge in [0.1, 0.15) is 12.0 Å². The van der Waals surface area contributed by atoms with E-state index in [2.05, 4.69) is 0 Å². The van der Waals surface area contributed by atoms with E-state index in [9.17, 15) is 19.1 Å². The number of carbonyl (C=O) groups excluding carboxylic acids is 1. The average Bonchev–Trinajstić information content (AvgIpc) is 3.35. The third kappa shape index (κ3) is 2.87. The Hall–Kier alpha value is -3.95. The topological polar surface area (TPSA) is 75.0 Å². The quantitative estimate of drug-likeness (QED) is 0.428. The third-order valence-corrected chi connectivity index (χ3v) is 8.15. The lowest BCUT2D eigenvalue weighted by molar-refractivity contribution is -0.0196. The molecule has 3 aliphatic rings. The van der Waals surface area contributed by atoms with Gasteiger partial charge in [0.05, 0.1) is 19.3 Å². The lowest BCUT2D eigenvalue weighted by atomic mass is 9.92. The summed E-state index contributed by atoms with van der Waals surface area (Å²) in [4.78, 5) is 28.5. The first-order valence-corrected chi connectivity index (χ1v) is 12.5. The zero-order chi connectivity index (χ0) is 24.6. The Balaban J connectivity index is 1.57. The Morgan fingerprint density at radius 3 is 2.72 bits per heavy atom. The standard InChI is InChI=1S/C27H20FN3O4S/c28-15-5-6-17-20(13-15)19-8-12-36-26(19)18-4-2-1-3-16(18)23(17)31-22-14-35-11-10-29(22)27(34)24-25(33)21(32)7-9-30(24)31/h1-9,12-13,22-23,33H,10-11,14H2/t22-,23?/m1/s1. The summed E-state index contributed by atoms with van der Waals surface area (Å²) in [6, 6.07) is 15.6. The Labute approximate surface area is 209 Å². The van der Waals surface area contributed by atoms with Crippen molar-refractivity contribution in [3.05, 3.63) is 99.0 Å². The van der Waals surface area contributed by atoms with Gasteiger partial charge in [-0.25, -0.2) is 4.39 Å². The van der Waals surface area contributed by atoms with Crippen LogP contribution in [-0.4, -0.2) is 46.5 Å². The second-order valence-corrected chi connectivity index (χ2v) is 9.96. The van der Waals surface area contributed by atoms with Crippen LogP contribution in [0.2, 0.25) is 0 Å². The van der Waals surface area contributed by atoms with E-state index in [0.29, 0.717) is 13.2 Å². The number of rotatable bonds is 1. The van der Waals surface area contributed by atoms with E-state index in [1.807, 2.05) is 40.7 Å². The fourth-order valence-corrected chi connectivity index (χ4v) is 6.61. The number of carbonyl (C=O) groups is 1. The first-order chi connectivity index (χ1) is 17.5. The van der Waals surface area contributed by atoms with E-state index >= 15 is 0 Å². The number of ether oxygens (including phenoxy) is 1.